The molecule has 1 aromatic carbocycles. The average Bonchev–Trinajstić information content (AvgIpc) is 2.04. The number of phenols is 1. The van der Waals surface area contributed by atoms with Gasteiger partial charge in [0.1, 0.15) is 5.75 Å². The van der Waals surface area contributed by atoms with E-state index in [1.54, 1.807) is 0 Å². The highest BCUT2D eigenvalue weighted by Gasteiger charge is 2.09. The van der Waals surface area contributed by atoms with Crippen LogP contribution in [0.4, 0.5) is 5.69 Å². The molecule has 4 heteroatoms. The Morgan fingerprint density at radius 1 is 1.54 bits per heavy atom. The maximum absolute atomic E-state index is 10.7. The van der Waals surface area contributed by atoms with E-state index >= 15 is 0 Å². The number of phenolic OH excluding ortho intramolecular Hbond substituents is 1. The Morgan fingerprint density at radius 2 is 2.23 bits per heavy atom. The number of carboxylic acids is 1. The molecule has 3 N–H and O–H groups in total. The third-order valence-corrected chi connectivity index (χ3v) is 1.60. The van der Waals surface area contributed by atoms with Gasteiger partial charge in [0.25, 0.3) is 0 Å². The fourth-order valence-electron chi connectivity index (χ4n) is 1.06. The maximum atomic E-state index is 10.7. The second-order valence-electron chi connectivity index (χ2n) is 2.57. The van der Waals surface area contributed by atoms with Crippen molar-refractivity contribution >= 4 is 11.7 Å². The van der Waals surface area contributed by atoms with E-state index in [1.807, 2.05) is 6.92 Å². The minimum absolute atomic E-state index is 0.0564. The predicted octanol–water partition coefficient (Wildman–Crippen LogP) is 1.52. The van der Waals surface area contributed by atoms with Crippen molar-refractivity contribution in [3.05, 3.63) is 23.8 Å². The van der Waals surface area contributed by atoms with Crippen LogP contribution in [-0.4, -0.2) is 22.7 Å². The van der Waals surface area contributed by atoms with Gasteiger partial charge in [-0.2, -0.15) is 0 Å². The topological polar surface area (TPSA) is 69.6 Å². The highest BCUT2D eigenvalue weighted by Crippen LogP contribution is 2.21. The van der Waals surface area contributed by atoms with Gasteiger partial charge in [0.2, 0.25) is 0 Å². The summed E-state index contributed by atoms with van der Waals surface area (Å²) in [7, 11) is 0. The zero-order valence-corrected chi connectivity index (χ0v) is 7.24. The molecule has 0 aromatic heterocycles. The number of nitrogens with one attached hydrogen (secondary N) is 1. The molecule has 0 radical (unpaired) electrons. The number of rotatable bonds is 3. The summed E-state index contributed by atoms with van der Waals surface area (Å²) in [5.41, 5.74) is 0.606. The average molecular weight is 181 g/mol. The quantitative estimate of drug-likeness (QED) is 0.661. The monoisotopic (exact) mass is 181 g/mol. The SMILES string of the molecule is CCNc1cc(O)ccc1C(=O)O. The lowest BCUT2D eigenvalue weighted by Gasteiger charge is -2.07. The number of aromatic hydroxyl groups is 1. The first-order valence-electron chi connectivity index (χ1n) is 3.95. The molecule has 0 saturated carbocycles. The highest BCUT2D eigenvalue weighted by atomic mass is 16.4. The third kappa shape index (κ3) is 2.11. The van der Waals surface area contributed by atoms with E-state index in [0.717, 1.165) is 0 Å². The van der Waals surface area contributed by atoms with Crippen LogP contribution in [0, 0.1) is 0 Å². The highest BCUT2D eigenvalue weighted by molar-refractivity contribution is 5.94. The molecule has 0 aliphatic rings. The van der Waals surface area contributed by atoms with Crippen molar-refractivity contribution in [3.63, 3.8) is 0 Å². The Kier molecular flexibility index (Phi) is 2.74. The Balaban J connectivity index is 3.10. The first-order valence-corrected chi connectivity index (χ1v) is 3.95. The van der Waals surface area contributed by atoms with Crippen molar-refractivity contribution in [2.24, 2.45) is 0 Å². The molecule has 0 fully saturated rings. The molecule has 0 aliphatic heterocycles. The molecule has 0 atom stereocenters. The van der Waals surface area contributed by atoms with E-state index in [4.69, 9.17) is 10.2 Å². The van der Waals surface area contributed by atoms with Gasteiger partial charge in [0, 0.05) is 12.6 Å². The van der Waals surface area contributed by atoms with Crippen molar-refractivity contribution in [2.45, 2.75) is 6.92 Å². The molecule has 0 amide bonds. The fraction of sp³-hybridized carbons (Fsp3) is 0.222. The summed E-state index contributed by atoms with van der Waals surface area (Å²) < 4.78 is 0. The smallest absolute Gasteiger partial charge is 0.337 e. The molecule has 0 spiro atoms. The van der Waals surface area contributed by atoms with Gasteiger partial charge < -0.3 is 15.5 Å². The molecule has 0 aliphatic carbocycles. The molecule has 0 saturated heterocycles. The van der Waals surface area contributed by atoms with Crippen LogP contribution in [0.25, 0.3) is 0 Å². The van der Waals surface area contributed by atoms with Crippen molar-refractivity contribution in [2.75, 3.05) is 11.9 Å². The second kappa shape index (κ2) is 3.80. The summed E-state index contributed by atoms with van der Waals surface area (Å²) in [5, 5.41) is 20.7. The van der Waals surface area contributed by atoms with E-state index in [2.05, 4.69) is 5.32 Å². The molecular formula is C9H11NO3. The molecule has 4 nitrogen and oxygen atoms in total. The number of carboxylic acid groups (broad SMARTS) is 1. The summed E-state index contributed by atoms with van der Waals surface area (Å²) in [5.74, 6) is -0.947. The normalized spacial score (nSPS) is 9.62. The first-order chi connectivity index (χ1) is 6.15. The lowest BCUT2D eigenvalue weighted by Crippen LogP contribution is -2.05. The number of hydrogen-bond acceptors (Lipinski definition) is 3. The minimum Gasteiger partial charge on any atom is -0.508 e. The molecular weight excluding hydrogens is 170 g/mol. The van der Waals surface area contributed by atoms with Crippen LogP contribution in [0.2, 0.25) is 0 Å². The summed E-state index contributed by atoms with van der Waals surface area (Å²) in [6, 6.07) is 4.12. The zero-order valence-electron chi connectivity index (χ0n) is 7.24. The van der Waals surface area contributed by atoms with Gasteiger partial charge in [-0.3, -0.25) is 0 Å². The number of anilines is 1. The number of carbonyl (C=O) groups is 1. The number of aromatic carboxylic acids is 1. The Hall–Kier alpha value is -1.71. The van der Waals surface area contributed by atoms with Crippen molar-refractivity contribution in [3.8, 4) is 5.75 Å². The second-order valence-corrected chi connectivity index (χ2v) is 2.57. The predicted molar refractivity (Wildman–Crippen MR) is 49.2 cm³/mol. The van der Waals surface area contributed by atoms with Crippen LogP contribution in [0.1, 0.15) is 17.3 Å². The van der Waals surface area contributed by atoms with Crippen LogP contribution in [0.15, 0.2) is 18.2 Å². The summed E-state index contributed by atoms with van der Waals surface area (Å²) >= 11 is 0. The fourth-order valence-corrected chi connectivity index (χ4v) is 1.06. The minimum atomic E-state index is -1.00. The van der Waals surface area contributed by atoms with E-state index in [9.17, 15) is 4.79 Å². The van der Waals surface area contributed by atoms with Crippen LogP contribution < -0.4 is 5.32 Å². The molecule has 1 aromatic rings. The molecule has 13 heavy (non-hydrogen) atoms. The maximum Gasteiger partial charge on any atom is 0.337 e. The largest absolute Gasteiger partial charge is 0.508 e. The van der Waals surface area contributed by atoms with E-state index < -0.39 is 5.97 Å². The molecule has 0 bridgehead atoms. The van der Waals surface area contributed by atoms with Gasteiger partial charge in [-0.1, -0.05) is 0 Å². The first kappa shape index (κ1) is 9.38. The van der Waals surface area contributed by atoms with Gasteiger partial charge in [0.15, 0.2) is 0 Å². The lowest BCUT2D eigenvalue weighted by atomic mass is 10.1. The van der Waals surface area contributed by atoms with Crippen LogP contribution >= 0.6 is 0 Å². The summed E-state index contributed by atoms with van der Waals surface area (Å²) in [4.78, 5) is 10.7. The molecule has 70 valence electrons. The van der Waals surface area contributed by atoms with Crippen molar-refractivity contribution in [1.29, 1.82) is 0 Å². The number of hydrogen-bond donors (Lipinski definition) is 3. The van der Waals surface area contributed by atoms with Gasteiger partial charge in [-0.15, -0.1) is 0 Å². The van der Waals surface area contributed by atoms with Gasteiger partial charge in [-0.25, -0.2) is 4.79 Å². The van der Waals surface area contributed by atoms with Gasteiger partial charge in [0.05, 0.1) is 11.3 Å². The standard InChI is InChI=1S/C9H11NO3/c1-2-10-8-5-6(11)3-4-7(8)9(12)13/h3-5,10-11H,2H2,1H3,(H,12,13). The zero-order chi connectivity index (χ0) is 9.84. The van der Waals surface area contributed by atoms with Gasteiger partial charge >= 0.3 is 5.97 Å². The van der Waals surface area contributed by atoms with E-state index in [-0.39, 0.29) is 11.3 Å². The van der Waals surface area contributed by atoms with Crippen molar-refractivity contribution in [1.82, 2.24) is 0 Å². The van der Waals surface area contributed by atoms with Crippen LogP contribution in [-0.2, 0) is 0 Å². The number of benzene rings is 1. The van der Waals surface area contributed by atoms with E-state index in [0.29, 0.717) is 12.2 Å². The molecule has 1 rings (SSSR count). The molecule has 0 unspecified atom stereocenters. The summed E-state index contributed by atoms with van der Waals surface area (Å²) in [6.45, 7) is 2.47. The van der Waals surface area contributed by atoms with Crippen LogP contribution in [0.3, 0.4) is 0 Å². The summed E-state index contributed by atoms with van der Waals surface area (Å²) in [6.07, 6.45) is 0. The third-order valence-electron chi connectivity index (χ3n) is 1.60. The Bertz CT molecular complexity index is 323. The van der Waals surface area contributed by atoms with Crippen LogP contribution in [0.5, 0.6) is 5.75 Å². The van der Waals surface area contributed by atoms with E-state index in [1.165, 1.54) is 18.2 Å². The van der Waals surface area contributed by atoms with Gasteiger partial charge in [-0.05, 0) is 19.1 Å². The Labute approximate surface area is 75.8 Å². The Morgan fingerprint density at radius 3 is 2.77 bits per heavy atom. The molecule has 0 heterocycles. The van der Waals surface area contributed by atoms with Crippen molar-refractivity contribution < 1.29 is 15.0 Å². The lowest BCUT2D eigenvalue weighted by molar-refractivity contribution is 0.0698.